The molecule has 2 aromatic rings. The van der Waals surface area contributed by atoms with Crippen molar-refractivity contribution in [3.63, 3.8) is 0 Å². The Morgan fingerprint density at radius 1 is 1.26 bits per heavy atom. The van der Waals surface area contributed by atoms with E-state index in [1.54, 1.807) is 28.4 Å². The third-order valence-electron chi connectivity index (χ3n) is 4.41. The molecule has 0 aliphatic carbocycles. The molecule has 10 heteroatoms. The van der Waals surface area contributed by atoms with Gasteiger partial charge in [-0.1, -0.05) is 0 Å². The summed E-state index contributed by atoms with van der Waals surface area (Å²) in [7, 11) is 1.85. The molecule has 0 unspecified atom stereocenters. The number of aryl methyl sites for hydroxylation is 2. The molecule has 2 aromatic heterocycles. The van der Waals surface area contributed by atoms with E-state index in [1.165, 1.54) is 0 Å². The molecule has 1 aliphatic rings. The Balaban J connectivity index is 1.51. The van der Waals surface area contributed by atoms with Gasteiger partial charge in [-0.25, -0.2) is 0 Å². The fourth-order valence-electron chi connectivity index (χ4n) is 3.03. The molecule has 3 heterocycles. The van der Waals surface area contributed by atoms with Crippen LogP contribution in [0.2, 0.25) is 0 Å². The Hall–Kier alpha value is -2.91. The number of rotatable bonds is 7. The average molecular weight is 373 g/mol. The number of carbonyl (C=O) groups excluding carboxylic acids is 1. The first-order valence-corrected chi connectivity index (χ1v) is 9.32. The van der Waals surface area contributed by atoms with Crippen LogP contribution in [0, 0.1) is 0 Å². The van der Waals surface area contributed by atoms with Crippen LogP contribution in [-0.2, 0) is 18.4 Å². The predicted octanol–water partition coefficient (Wildman–Crippen LogP) is 0.106. The van der Waals surface area contributed by atoms with Gasteiger partial charge in [0.05, 0.1) is 11.9 Å². The number of piperazine rings is 1. The molecule has 0 saturated carbocycles. The Morgan fingerprint density at radius 2 is 2.07 bits per heavy atom. The lowest BCUT2D eigenvalue weighted by atomic mass is 10.3. The molecule has 27 heavy (non-hydrogen) atoms. The number of hydrogen-bond donors (Lipinski definition) is 1. The van der Waals surface area contributed by atoms with Crippen molar-refractivity contribution in [3.05, 3.63) is 25.0 Å². The highest BCUT2D eigenvalue weighted by molar-refractivity contribution is 5.98. The number of hydrogen-bond acceptors (Lipinski definition) is 5. The Kier molecular flexibility index (Phi) is 6.39. The number of carbonyl (C=O) groups is 1. The standard InChI is InChI=1S/C17H27N9O/c1-3-18-17(19-6-4-5-7-24-13-20-21-14-24)25-8-9-26(16(27)12-25)15-10-22-23(2)11-15/h10-11,13-14H,3-9,12H2,1-2H3,(H,18,19). The van der Waals surface area contributed by atoms with E-state index >= 15 is 0 Å². The van der Waals surface area contributed by atoms with Crippen LogP contribution in [-0.4, -0.2) is 74.0 Å². The predicted molar refractivity (Wildman–Crippen MR) is 102 cm³/mol. The zero-order valence-electron chi connectivity index (χ0n) is 16.0. The quantitative estimate of drug-likeness (QED) is 0.420. The molecule has 1 saturated heterocycles. The van der Waals surface area contributed by atoms with Gasteiger partial charge in [-0.05, 0) is 19.8 Å². The lowest BCUT2D eigenvalue weighted by molar-refractivity contribution is -0.120. The second-order valence-corrected chi connectivity index (χ2v) is 6.48. The highest BCUT2D eigenvalue weighted by atomic mass is 16.2. The number of unbranched alkanes of at least 4 members (excludes halogenated alkanes) is 1. The minimum atomic E-state index is 0.0625. The molecule has 0 radical (unpaired) electrons. The molecular weight excluding hydrogens is 346 g/mol. The summed E-state index contributed by atoms with van der Waals surface area (Å²) in [5, 5.41) is 15.0. The van der Waals surface area contributed by atoms with E-state index < -0.39 is 0 Å². The maximum atomic E-state index is 12.6. The van der Waals surface area contributed by atoms with Crippen LogP contribution in [0.3, 0.4) is 0 Å². The molecule has 3 rings (SSSR count). The summed E-state index contributed by atoms with van der Waals surface area (Å²) in [6.45, 7) is 6.12. The zero-order valence-corrected chi connectivity index (χ0v) is 16.0. The number of amides is 1. The molecule has 0 spiro atoms. The van der Waals surface area contributed by atoms with Gasteiger partial charge in [0, 0.05) is 46.0 Å². The highest BCUT2D eigenvalue weighted by Crippen LogP contribution is 2.16. The van der Waals surface area contributed by atoms with Gasteiger partial charge in [0.2, 0.25) is 5.91 Å². The topological polar surface area (TPSA) is 96.5 Å². The van der Waals surface area contributed by atoms with E-state index in [0.717, 1.165) is 50.7 Å². The molecule has 1 aliphatic heterocycles. The van der Waals surface area contributed by atoms with Gasteiger partial charge < -0.3 is 19.7 Å². The summed E-state index contributed by atoms with van der Waals surface area (Å²) in [6, 6.07) is 0. The van der Waals surface area contributed by atoms with Crippen molar-refractivity contribution in [2.75, 3.05) is 37.6 Å². The number of nitrogens with zero attached hydrogens (tertiary/aromatic N) is 8. The van der Waals surface area contributed by atoms with Crippen molar-refractivity contribution in [3.8, 4) is 0 Å². The van der Waals surface area contributed by atoms with Gasteiger partial charge in [-0.15, -0.1) is 10.2 Å². The highest BCUT2D eigenvalue weighted by Gasteiger charge is 2.27. The summed E-state index contributed by atoms with van der Waals surface area (Å²) in [4.78, 5) is 21.1. The molecule has 0 aromatic carbocycles. The molecule has 1 amide bonds. The summed E-state index contributed by atoms with van der Waals surface area (Å²) >= 11 is 0. The number of nitrogens with one attached hydrogen (secondary N) is 1. The Bertz CT molecular complexity index is 752. The van der Waals surface area contributed by atoms with Gasteiger partial charge in [-0.2, -0.15) is 5.10 Å². The van der Waals surface area contributed by atoms with Crippen molar-refractivity contribution in [2.45, 2.75) is 26.3 Å². The zero-order chi connectivity index (χ0) is 19.1. The van der Waals surface area contributed by atoms with Crippen LogP contribution in [0.4, 0.5) is 5.69 Å². The monoisotopic (exact) mass is 373 g/mol. The van der Waals surface area contributed by atoms with Gasteiger partial charge in [0.15, 0.2) is 5.96 Å². The first kappa shape index (κ1) is 18.9. The third-order valence-corrected chi connectivity index (χ3v) is 4.41. The fraction of sp³-hybridized carbons (Fsp3) is 0.588. The lowest BCUT2D eigenvalue weighted by Gasteiger charge is -2.35. The summed E-state index contributed by atoms with van der Waals surface area (Å²) in [6.07, 6.45) is 9.01. The minimum Gasteiger partial charge on any atom is -0.357 e. The number of anilines is 1. The van der Waals surface area contributed by atoms with Crippen molar-refractivity contribution < 1.29 is 4.79 Å². The first-order valence-electron chi connectivity index (χ1n) is 9.32. The number of aromatic nitrogens is 5. The molecule has 1 N–H and O–H groups in total. The van der Waals surface area contributed by atoms with Gasteiger partial charge in [0.25, 0.3) is 0 Å². The Morgan fingerprint density at radius 3 is 2.74 bits per heavy atom. The molecule has 0 bridgehead atoms. The first-order chi connectivity index (χ1) is 13.2. The van der Waals surface area contributed by atoms with E-state index in [9.17, 15) is 4.79 Å². The van der Waals surface area contributed by atoms with E-state index in [4.69, 9.17) is 4.99 Å². The van der Waals surface area contributed by atoms with Crippen LogP contribution in [0.5, 0.6) is 0 Å². The minimum absolute atomic E-state index is 0.0625. The van der Waals surface area contributed by atoms with E-state index in [2.05, 4.69) is 20.6 Å². The smallest absolute Gasteiger partial charge is 0.246 e. The molecule has 0 atom stereocenters. The second-order valence-electron chi connectivity index (χ2n) is 6.48. The fourth-order valence-corrected chi connectivity index (χ4v) is 3.03. The molecular formula is C17H27N9O. The van der Waals surface area contributed by atoms with Gasteiger partial charge >= 0.3 is 0 Å². The van der Waals surface area contributed by atoms with Gasteiger partial charge in [-0.3, -0.25) is 14.5 Å². The van der Waals surface area contributed by atoms with Crippen LogP contribution in [0.25, 0.3) is 0 Å². The van der Waals surface area contributed by atoms with E-state index in [0.29, 0.717) is 13.1 Å². The van der Waals surface area contributed by atoms with Crippen LogP contribution in [0.15, 0.2) is 30.0 Å². The number of aliphatic imine (C=N–C) groups is 1. The van der Waals surface area contributed by atoms with E-state index in [-0.39, 0.29) is 5.91 Å². The maximum Gasteiger partial charge on any atom is 0.246 e. The second kappa shape index (κ2) is 9.15. The summed E-state index contributed by atoms with van der Waals surface area (Å²) in [5.41, 5.74) is 0.845. The normalized spacial score (nSPS) is 15.5. The molecule has 1 fully saturated rings. The van der Waals surface area contributed by atoms with Crippen LogP contribution >= 0.6 is 0 Å². The van der Waals surface area contributed by atoms with Crippen molar-refractivity contribution in [1.29, 1.82) is 0 Å². The van der Waals surface area contributed by atoms with Crippen molar-refractivity contribution >= 4 is 17.6 Å². The largest absolute Gasteiger partial charge is 0.357 e. The Labute approximate surface area is 158 Å². The summed E-state index contributed by atoms with van der Waals surface area (Å²) < 4.78 is 3.67. The third kappa shape index (κ3) is 5.05. The SMILES string of the molecule is CCNC(=NCCCCn1cnnc1)N1CCN(c2cnn(C)c2)C(=O)C1. The molecule has 146 valence electrons. The van der Waals surface area contributed by atoms with Crippen LogP contribution < -0.4 is 10.2 Å². The lowest BCUT2D eigenvalue weighted by Crippen LogP contribution is -2.55. The average Bonchev–Trinajstić information content (AvgIpc) is 3.32. The van der Waals surface area contributed by atoms with Gasteiger partial charge in [0.1, 0.15) is 19.2 Å². The van der Waals surface area contributed by atoms with E-state index in [1.807, 2.05) is 29.6 Å². The van der Waals surface area contributed by atoms with Crippen LogP contribution in [0.1, 0.15) is 19.8 Å². The van der Waals surface area contributed by atoms with Crippen molar-refractivity contribution in [1.82, 2.24) is 34.8 Å². The molecule has 10 nitrogen and oxygen atoms in total. The number of guanidine groups is 1. The summed E-state index contributed by atoms with van der Waals surface area (Å²) in [5.74, 6) is 0.869. The van der Waals surface area contributed by atoms with Crippen molar-refractivity contribution in [2.24, 2.45) is 12.0 Å². The maximum absolute atomic E-state index is 12.6.